The molecule has 0 bridgehead atoms. The van der Waals surface area contributed by atoms with E-state index in [-0.39, 0.29) is 11.9 Å². The molecular formula is C22H23ClN2OS. The first-order chi connectivity index (χ1) is 13.2. The fourth-order valence-electron chi connectivity index (χ4n) is 3.79. The molecule has 1 aliphatic heterocycles. The monoisotopic (exact) mass is 398 g/mol. The number of thiophene rings is 1. The van der Waals surface area contributed by atoms with Gasteiger partial charge >= 0.3 is 0 Å². The summed E-state index contributed by atoms with van der Waals surface area (Å²) in [6, 6.07) is 18.6. The van der Waals surface area contributed by atoms with Crippen molar-refractivity contribution in [2.45, 2.75) is 25.3 Å². The Kier molecular flexibility index (Phi) is 5.77. The number of amides is 1. The van der Waals surface area contributed by atoms with Gasteiger partial charge in [0.15, 0.2) is 0 Å². The van der Waals surface area contributed by atoms with E-state index < -0.39 is 0 Å². The standard InChI is InChI=1S/C22H23ClN2OS/c23-20-17-11-5-6-12-19(17)27-21(20)22(26)24-15-18(16-9-3-1-4-10-16)25-13-7-2-8-14-25/h1,3-6,9-12,18H,2,7-8,13-15H2,(H,24,26)/t18-/m0/s1. The Balaban J connectivity index is 1.52. The third-order valence-electron chi connectivity index (χ3n) is 5.21. The van der Waals surface area contributed by atoms with E-state index in [1.165, 1.54) is 36.2 Å². The Morgan fingerprint density at radius 2 is 1.74 bits per heavy atom. The van der Waals surface area contributed by atoms with Crippen LogP contribution in [0, 0.1) is 0 Å². The molecule has 0 unspecified atom stereocenters. The van der Waals surface area contributed by atoms with Crippen LogP contribution in [-0.4, -0.2) is 30.4 Å². The molecule has 3 nitrogen and oxygen atoms in total. The lowest BCUT2D eigenvalue weighted by Gasteiger charge is -2.35. The number of hydrogen-bond donors (Lipinski definition) is 1. The molecule has 2 heterocycles. The molecule has 140 valence electrons. The van der Waals surface area contributed by atoms with E-state index in [2.05, 4.69) is 34.5 Å². The van der Waals surface area contributed by atoms with Gasteiger partial charge in [0.1, 0.15) is 4.88 Å². The summed E-state index contributed by atoms with van der Waals surface area (Å²) in [5.74, 6) is -0.0841. The highest BCUT2D eigenvalue weighted by Gasteiger charge is 2.24. The lowest BCUT2D eigenvalue weighted by molar-refractivity contribution is 0.0928. The van der Waals surface area contributed by atoms with Crippen LogP contribution in [0.25, 0.3) is 10.1 Å². The molecule has 5 heteroatoms. The van der Waals surface area contributed by atoms with Gasteiger partial charge in [0.2, 0.25) is 0 Å². The summed E-state index contributed by atoms with van der Waals surface area (Å²) in [4.78, 5) is 15.9. The number of likely N-dealkylation sites (tertiary alicyclic amines) is 1. The second-order valence-corrected chi connectivity index (χ2v) is 8.40. The summed E-state index contributed by atoms with van der Waals surface area (Å²) in [5.41, 5.74) is 1.25. The Labute approximate surface area is 168 Å². The number of benzene rings is 2. The number of carbonyl (C=O) groups excluding carboxylic acids is 1. The van der Waals surface area contributed by atoms with Gasteiger partial charge in [-0.1, -0.05) is 66.6 Å². The lowest BCUT2D eigenvalue weighted by Crippen LogP contribution is -2.40. The van der Waals surface area contributed by atoms with Crippen LogP contribution in [0.3, 0.4) is 0 Å². The van der Waals surface area contributed by atoms with Crippen molar-refractivity contribution in [2.75, 3.05) is 19.6 Å². The van der Waals surface area contributed by atoms with Crippen LogP contribution in [0.1, 0.15) is 40.5 Å². The summed E-state index contributed by atoms with van der Waals surface area (Å²) < 4.78 is 1.04. The van der Waals surface area contributed by atoms with Crippen molar-refractivity contribution in [1.82, 2.24) is 10.2 Å². The van der Waals surface area contributed by atoms with Crippen LogP contribution in [0.5, 0.6) is 0 Å². The van der Waals surface area contributed by atoms with Crippen LogP contribution < -0.4 is 5.32 Å². The molecule has 1 amide bonds. The van der Waals surface area contributed by atoms with Crippen LogP contribution in [0.4, 0.5) is 0 Å². The maximum absolute atomic E-state index is 12.9. The highest BCUT2D eigenvalue weighted by Crippen LogP contribution is 2.35. The summed E-state index contributed by atoms with van der Waals surface area (Å²) >= 11 is 7.93. The average Bonchev–Trinajstić information content (AvgIpc) is 3.07. The summed E-state index contributed by atoms with van der Waals surface area (Å²) in [5, 5.41) is 4.65. The van der Waals surface area contributed by atoms with Crippen molar-refractivity contribution in [3.05, 3.63) is 70.1 Å². The van der Waals surface area contributed by atoms with E-state index in [1.54, 1.807) is 0 Å². The Hall–Kier alpha value is -1.88. The number of halogens is 1. The van der Waals surface area contributed by atoms with Crippen molar-refractivity contribution < 1.29 is 4.79 Å². The molecule has 0 radical (unpaired) electrons. The van der Waals surface area contributed by atoms with Gasteiger partial charge in [0.25, 0.3) is 5.91 Å². The Morgan fingerprint density at radius 3 is 2.48 bits per heavy atom. The second-order valence-electron chi connectivity index (χ2n) is 6.97. The van der Waals surface area contributed by atoms with Crippen molar-refractivity contribution in [2.24, 2.45) is 0 Å². The predicted molar refractivity (Wildman–Crippen MR) is 114 cm³/mol. The molecule has 1 aliphatic rings. The minimum Gasteiger partial charge on any atom is -0.349 e. The summed E-state index contributed by atoms with van der Waals surface area (Å²) in [7, 11) is 0. The quantitative estimate of drug-likeness (QED) is 0.614. The zero-order valence-corrected chi connectivity index (χ0v) is 16.7. The number of nitrogens with zero attached hydrogens (tertiary/aromatic N) is 1. The zero-order valence-electron chi connectivity index (χ0n) is 15.2. The Bertz CT molecular complexity index is 918. The molecule has 27 heavy (non-hydrogen) atoms. The average molecular weight is 399 g/mol. The van der Waals surface area contributed by atoms with Crippen molar-refractivity contribution in [1.29, 1.82) is 0 Å². The molecule has 1 fully saturated rings. The van der Waals surface area contributed by atoms with Crippen molar-refractivity contribution >= 4 is 38.9 Å². The maximum atomic E-state index is 12.9. The Morgan fingerprint density at radius 1 is 1.04 bits per heavy atom. The van der Waals surface area contributed by atoms with Gasteiger partial charge < -0.3 is 5.32 Å². The van der Waals surface area contributed by atoms with E-state index in [9.17, 15) is 4.79 Å². The molecule has 2 aromatic carbocycles. The zero-order chi connectivity index (χ0) is 18.6. The topological polar surface area (TPSA) is 32.3 Å². The minimum absolute atomic E-state index is 0.0841. The van der Waals surface area contributed by atoms with Gasteiger partial charge in [-0.15, -0.1) is 11.3 Å². The number of carbonyl (C=O) groups is 1. The van der Waals surface area contributed by atoms with Crippen molar-refractivity contribution in [3.63, 3.8) is 0 Å². The number of fused-ring (bicyclic) bond motifs is 1. The first-order valence-corrected chi connectivity index (χ1v) is 10.7. The molecule has 1 saturated heterocycles. The molecule has 0 spiro atoms. The molecular weight excluding hydrogens is 376 g/mol. The van der Waals surface area contributed by atoms with E-state index in [1.807, 2.05) is 30.3 Å². The molecule has 1 N–H and O–H groups in total. The predicted octanol–water partition coefficient (Wildman–Crippen LogP) is 5.51. The first kappa shape index (κ1) is 18.5. The third kappa shape index (κ3) is 4.03. The summed E-state index contributed by atoms with van der Waals surface area (Å²) in [6.07, 6.45) is 3.74. The van der Waals surface area contributed by atoms with Gasteiger partial charge in [-0.3, -0.25) is 9.69 Å². The third-order valence-corrected chi connectivity index (χ3v) is 6.89. The number of rotatable bonds is 5. The number of nitrogens with one attached hydrogen (secondary N) is 1. The maximum Gasteiger partial charge on any atom is 0.262 e. The highest BCUT2D eigenvalue weighted by atomic mass is 35.5. The molecule has 1 atom stereocenters. The lowest BCUT2D eigenvalue weighted by atomic mass is 10.0. The van der Waals surface area contributed by atoms with Gasteiger partial charge in [0.05, 0.1) is 11.1 Å². The molecule has 4 rings (SSSR count). The summed E-state index contributed by atoms with van der Waals surface area (Å²) in [6.45, 7) is 2.76. The normalized spacial score (nSPS) is 16.3. The van der Waals surface area contributed by atoms with Gasteiger partial charge in [-0.25, -0.2) is 0 Å². The van der Waals surface area contributed by atoms with Crippen LogP contribution in [0.2, 0.25) is 5.02 Å². The van der Waals surface area contributed by atoms with Crippen LogP contribution >= 0.6 is 22.9 Å². The number of piperidine rings is 1. The van der Waals surface area contributed by atoms with E-state index in [0.29, 0.717) is 16.4 Å². The molecule has 0 aliphatic carbocycles. The molecule has 0 saturated carbocycles. The number of hydrogen-bond acceptors (Lipinski definition) is 3. The first-order valence-electron chi connectivity index (χ1n) is 9.48. The van der Waals surface area contributed by atoms with Gasteiger partial charge in [-0.05, 0) is 37.6 Å². The fourth-order valence-corrected chi connectivity index (χ4v) is 5.23. The largest absolute Gasteiger partial charge is 0.349 e. The SMILES string of the molecule is O=C(NC[C@@H](c1ccccc1)N1CCCCC1)c1sc2ccccc2c1Cl. The smallest absolute Gasteiger partial charge is 0.262 e. The fraction of sp³-hybridized carbons (Fsp3) is 0.318. The van der Waals surface area contributed by atoms with Crippen LogP contribution in [0.15, 0.2) is 54.6 Å². The highest BCUT2D eigenvalue weighted by molar-refractivity contribution is 7.21. The van der Waals surface area contributed by atoms with E-state index >= 15 is 0 Å². The van der Waals surface area contributed by atoms with E-state index in [0.717, 1.165) is 23.2 Å². The van der Waals surface area contributed by atoms with Crippen molar-refractivity contribution in [3.8, 4) is 0 Å². The second kappa shape index (κ2) is 8.42. The molecule has 1 aromatic heterocycles. The van der Waals surface area contributed by atoms with E-state index in [4.69, 9.17) is 11.6 Å². The van der Waals surface area contributed by atoms with Gasteiger partial charge in [0, 0.05) is 16.6 Å². The molecule has 3 aromatic rings. The minimum atomic E-state index is -0.0841. The van der Waals surface area contributed by atoms with Gasteiger partial charge in [-0.2, -0.15) is 0 Å². The van der Waals surface area contributed by atoms with Crippen LogP contribution in [-0.2, 0) is 0 Å².